The van der Waals surface area contributed by atoms with E-state index in [-0.39, 0.29) is 6.17 Å². The van der Waals surface area contributed by atoms with Crippen LogP contribution < -0.4 is 11.1 Å². The van der Waals surface area contributed by atoms with Crippen molar-refractivity contribution >= 4 is 0 Å². The van der Waals surface area contributed by atoms with E-state index in [1.807, 2.05) is 6.92 Å². The second kappa shape index (κ2) is 13.0. The van der Waals surface area contributed by atoms with Crippen molar-refractivity contribution in [3.63, 3.8) is 0 Å². The first kappa shape index (κ1) is 15.9. The highest BCUT2D eigenvalue weighted by Crippen LogP contribution is 2.10. The highest BCUT2D eigenvalue weighted by molar-refractivity contribution is 4.52. The lowest BCUT2D eigenvalue weighted by molar-refractivity contribution is 0.515. The van der Waals surface area contributed by atoms with Crippen LogP contribution in [0.3, 0.4) is 0 Å². The molecular weight excluding hydrogens is 196 g/mol. The molecule has 0 aromatic carbocycles. The van der Waals surface area contributed by atoms with Crippen molar-refractivity contribution in [1.82, 2.24) is 5.32 Å². The van der Waals surface area contributed by atoms with Crippen molar-refractivity contribution in [1.29, 1.82) is 0 Å². The molecule has 0 saturated carbocycles. The van der Waals surface area contributed by atoms with E-state index in [4.69, 9.17) is 5.73 Å². The predicted molar refractivity (Wildman–Crippen MR) is 73.5 cm³/mol. The lowest BCUT2D eigenvalue weighted by Gasteiger charge is -2.07. The minimum absolute atomic E-state index is 0.151. The number of nitrogens with one attached hydrogen (secondary N) is 1. The summed E-state index contributed by atoms with van der Waals surface area (Å²) in [6, 6.07) is 0. The molecule has 0 aliphatic heterocycles. The van der Waals surface area contributed by atoms with E-state index < -0.39 is 0 Å². The smallest absolute Gasteiger partial charge is 0.0517 e. The van der Waals surface area contributed by atoms with Crippen LogP contribution >= 0.6 is 0 Å². The Hall–Kier alpha value is -0.0800. The van der Waals surface area contributed by atoms with E-state index in [0.717, 1.165) is 6.54 Å². The summed E-state index contributed by atoms with van der Waals surface area (Å²) in [6.45, 7) is 5.35. The Balaban J connectivity index is 2.88. The summed E-state index contributed by atoms with van der Waals surface area (Å²) in [6.07, 6.45) is 14.1. The zero-order valence-electron chi connectivity index (χ0n) is 11.4. The lowest BCUT2D eigenvalue weighted by Crippen LogP contribution is -2.34. The number of unbranched alkanes of at least 4 members (excludes halogenated alkanes) is 9. The number of hydrogen-bond donors (Lipinski definition) is 2. The molecule has 0 bridgehead atoms. The van der Waals surface area contributed by atoms with Gasteiger partial charge in [-0.15, -0.1) is 0 Å². The minimum atomic E-state index is 0.151. The fraction of sp³-hybridized carbons (Fsp3) is 1.00. The fourth-order valence-corrected chi connectivity index (χ4v) is 1.94. The van der Waals surface area contributed by atoms with Crippen molar-refractivity contribution in [2.24, 2.45) is 5.73 Å². The SMILES string of the molecule is CCCCCCCCCCCCNC(C)N. The first-order valence-corrected chi connectivity index (χ1v) is 7.26. The molecule has 0 aliphatic carbocycles. The highest BCUT2D eigenvalue weighted by atomic mass is 15.0. The number of nitrogens with two attached hydrogens (primary N) is 1. The average molecular weight is 228 g/mol. The molecule has 3 N–H and O–H groups in total. The Morgan fingerprint density at radius 2 is 1.25 bits per heavy atom. The molecule has 0 aliphatic rings. The van der Waals surface area contributed by atoms with Gasteiger partial charge in [0.15, 0.2) is 0 Å². The summed E-state index contributed by atoms with van der Waals surface area (Å²) in [4.78, 5) is 0. The van der Waals surface area contributed by atoms with Gasteiger partial charge in [0.2, 0.25) is 0 Å². The minimum Gasteiger partial charge on any atom is -0.316 e. The largest absolute Gasteiger partial charge is 0.316 e. The second-order valence-corrected chi connectivity index (χ2v) is 4.92. The third-order valence-corrected chi connectivity index (χ3v) is 3.00. The van der Waals surface area contributed by atoms with E-state index in [0.29, 0.717) is 0 Å². The van der Waals surface area contributed by atoms with Gasteiger partial charge in [0.1, 0.15) is 0 Å². The molecule has 0 radical (unpaired) electrons. The van der Waals surface area contributed by atoms with E-state index >= 15 is 0 Å². The molecule has 1 atom stereocenters. The summed E-state index contributed by atoms with van der Waals surface area (Å²) < 4.78 is 0. The Bertz CT molecular complexity index is 124. The van der Waals surface area contributed by atoms with Crippen LogP contribution in [-0.4, -0.2) is 12.7 Å². The van der Waals surface area contributed by atoms with Crippen LogP contribution in [0.5, 0.6) is 0 Å². The van der Waals surface area contributed by atoms with Crippen LogP contribution in [0.25, 0.3) is 0 Å². The van der Waals surface area contributed by atoms with Gasteiger partial charge < -0.3 is 11.1 Å². The maximum atomic E-state index is 5.60. The summed E-state index contributed by atoms with van der Waals surface area (Å²) in [5.74, 6) is 0. The maximum absolute atomic E-state index is 5.60. The van der Waals surface area contributed by atoms with Crippen molar-refractivity contribution in [2.75, 3.05) is 6.54 Å². The standard InChI is InChI=1S/C14H32N2/c1-3-4-5-6-7-8-9-10-11-12-13-16-14(2)15/h14,16H,3-13,15H2,1-2H3. The molecule has 2 nitrogen and oxygen atoms in total. The predicted octanol–water partition coefficient (Wildman–Crippen LogP) is 3.80. The summed E-state index contributed by atoms with van der Waals surface area (Å²) in [7, 11) is 0. The second-order valence-electron chi connectivity index (χ2n) is 4.92. The maximum Gasteiger partial charge on any atom is 0.0517 e. The molecule has 0 heterocycles. The average Bonchev–Trinajstić information content (AvgIpc) is 2.25. The summed E-state index contributed by atoms with van der Waals surface area (Å²) in [5, 5.41) is 3.25. The van der Waals surface area contributed by atoms with Crippen LogP contribution in [0, 0.1) is 0 Å². The summed E-state index contributed by atoms with van der Waals surface area (Å²) >= 11 is 0. The molecular formula is C14H32N2. The van der Waals surface area contributed by atoms with Gasteiger partial charge >= 0.3 is 0 Å². The van der Waals surface area contributed by atoms with Gasteiger partial charge in [-0.3, -0.25) is 0 Å². The highest BCUT2D eigenvalue weighted by Gasteiger charge is 1.93. The number of rotatable bonds is 12. The van der Waals surface area contributed by atoms with Gasteiger partial charge in [-0.1, -0.05) is 64.7 Å². The monoisotopic (exact) mass is 228 g/mol. The van der Waals surface area contributed by atoms with Crippen LogP contribution in [0.1, 0.15) is 78.1 Å². The van der Waals surface area contributed by atoms with Crippen LogP contribution in [0.15, 0.2) is 0 Å². The van der Waals surface area contributed by atoms with Crippen LogP contribution in [-0.2, 0) is 0 Å². The van der Waals surface area contributed by atoms with Gasteiger partial charge in [0.25, 0.3) is 0 Å². The van der Waals surface area contributed by atoms with Crippen molar-refractivity contribution in [2.45, 2.75) is 84.2 Å². The molecule has 2 heteroatoms. The van der Waals surface area contributed by atoms with Gasteiger partial charge in [-0.05, 0) is 19.9 Å². The van der Waals surface area contributed by atoms with E-state index in [2.05, 4.69) is 12.2 Å². The number of hydrogen-bond acceptors (Lipinski definition) is 2. The van der Waals surface area contributed by atoms with Gasteiger partial charge in [0, 0.05) is 0 Å². The van der Waals surface area contributed by atoms with Crippen molar-refractivity contribution < 1.29 is 0 Å². The molecule has 0 aromatic rings. The van der Waals surface area contributed by atoms with E-state index in [1.54, 1.807) is 0 Å². The molecule has 0 rings (SSSR count). The Kier molecular flexibility index (Phi) is 12.9. The zero-order chi connectivity index (χ0) is 12.1. The first-order chi connectivity index (χ1) is 7.77. The van der Waals surface area contributed by atoms with Crippen molar-refractivity contribution in [3.05, 3.63) is 0 Å². The fourth-order valence-electron chi connectivity index (χ4n) is 1.94. The van der Waals surface area contributed by atoms with Crippen LogP contribution in [0.4, 0.5) is 0 Å². The molecule has 16 heavy (non-hydrogen) atoms. The third-order valence-electron chi connectivity index (χ3n) is 3.00. The van der Waals surface area contributed by atoms with Gasteiger partial charge in [0.05, 0.1) is 6.17 Å². The quantitative estimate of drug-likeness (QED) is 0.394. The van der Waals surface area contributed by atoms with Crippen molar-refractivity contribution in [3.8, 4) is 0 Å². The molecule has 0 saturated heterocycles. The Morgan fingerprint density at radius 1 is 0.812 bits per heavy atom. The Morgan fingerprint density at radius 3 is 1.69 bits per heavy atom. The van der Waals surface area contributed by atoms with E-state index in [1.165, 1.54) is 64.2 Å². The molecule has 0 aromatic heterocycles. The third kappa shape index (κ3) is 13.9. The zero-order valence-corrected chi connectivity index (χ0v) is 11.4. The molecule has 0 fully saturated rings. The molecule has 1 unspecified atom stereocenters. The topological polar surface area (TPSA) is 38.0 Å². The first-order valence-electron chi connectivity index (χ1n) is 7.26. The normalized spacial score (nSPS) is 12.9. The summed E-state index contributed by atoms with van der Waals surface area (Å²) in [5.41, 5.74) is 5.60. The van der Waals surface area contributed by atoms with Crippen LogP contribution in [0.2, 0.25) is 0 Å². The lowest BCUT2D eigenvalue weighted by atomic mass is 10.1. The molecule has 0 amide bonds. The van der Waals surface area contributed by atoms with Gasteiger partial charge in [-0.25, -0.2) is 0 Å². The van der Waals surface area contributed by atoms with Gasteiger partial charge in [-0.2, -0.15) is 0 Å². The Labute approximate surface area is 102 Å². The molecule has 0 spiro atoms. The van der Waals surface area contributed by atoms with E-state index in [9.17, 15) is 0 Å². The molecule has 98 valence electrons.